The number of ether oxygens (including phenoxy) is 1. The largest absolute Gasteiger partial charge is 0.464 e. The van der Waals surface area contributed by atoms with Crippen molar-refractivity contribution in [1.82, 2.24) is 0 Å². The van der Waals surface area contributed by atoms with Gasteiger partial charge in [0, 0.05) is 0 Å². The standard InChI is InChI=1S/C13H25FO6S/c1-12(20-21(16,17)18)13(15)19-11-9-7-5-3-2-4-6-8-10-14/h12H,2-11H2,1H3,(H,16,17,18). The van der Waals surface area contributed by atoms with Crippen LogP contribution in [0.3, 0.4) is 0 Å². The van der Waals surface area contributed by atoms with E-state index in [1.807, 2.05) is 0 Å². The summed E-state index contributed by atoms with van der Waals surface area (Å²) in [5.74, 6) is -0.821. The average molecular weight is 328 g/mol. The maximum Gasteiger partial charge on any atom is 0.398 e. The van der Waals surface area contributed by atoms with Crippen molar-refractivity contribution in [3.63, 3.8) is 0 Å². The summed E-state index contributed by atoms with van der Waals surface area (Å²) in [6, 6.07) is 0. The molecule has 21 heavy (non-hydrogen) atoms. The van der Waals surface area contributed by atoms with E-state index in [0.717, 1.165) is 38.5 Å². The highest BCUT2D eigenvalue weighted by atomic mass is 32.3. The quantitative estimate of drug-likeness (QED) is 0.318. The van der Waals surface area contributed by atoms with Crippen LogP contribution in [-0.4, -0.2) is 38.3 Å². The predicted molar refractivity (Wildman–Crippen MR) is 76.0 cm³/mol. The first-order chi connectivity index (χ1) is 9.87. The van der Waals surface area contributed by atoms with Crippen LogP contribution in [0.1, 0.15) is 58.3 Å². The minimum Gasteiger partial charge on any atom is -0.464 e. The fourth-order valence-electron chi connectivity index (χ4n) is 1.77. The zero-order chi connectivity index (χ0) is 16.1. The van der Waals surface area contributed by atoms with Gasteiger partial charge in [-0.15, -0.1) is 0 Å². The van der Waals surface area contributed by atoms with Crippen LogP contribution in [0.5, 0.6) is 0 Å². The molecule has 126 valence electrons. The van der Waals surface area contributed by atoms with Crippen molar-refractivity contribution in [1.29, 1.82) is 0 Å². The Kier molecular flexibility index (Phi) is 11.5. The molecule has 0 aliphatic rings. The second kappa shape index (κ2) is 11.9. The molecule has 0 radical (unpaired) electrons. The third-order valence-corrected chi connectivity index (χ3v) is 3.40. The summed E-state index contributed by atoms with van der Waals surface area (Å²) < 4.78 is 49.9. The van der Waals surface area contributed by atoms with E-state index in [-0.39, 0.29) is 13.3 Å². The molecule has 0 saturated carbocycles. The summed E-state index contributed by atoms with van der Waals surface area (Å²) in [5.41, 5.74) is 0. The molecule has 8 heteroatoms. The monoisotopic (exact) mass is 328 g/mol. The summed E-state index contributed by atoms with van der Waals surface area (Å²) in [7, 11) is -4.65. The summed E-state index contributed by atoms with van der Waals surface area (Å²) in [6.45, 7) is 1.14. The topological polar surface area (TPSA) is 89.9 Å². The van der Waals surface area contributed by atoms with Crippen LogP contribution < -0.4 is 0 Å². The lowest BCUT2D eigenvalue weighted by Crippen LogP contribution is -2.26. The Bertz CT molecular complexity index is 371. The SMILES string of the molecule is CC(OS(=O)(=O)O)C(=O)OCCCCCCCCCCF. The van der Waals surface area contributed by atoms with Gasteiger partial charge in [-0.05, 0) is 19.8 Å². The van der Waals surface area contributed by atoms with Gasteiger partial charge in [-0.2, -0.15) is 8.42 Å². The highest BCUT2D eigenvalue weighted by Gasteiger charge is 2.21. The van der Waals surface area contributed by atoms with Gasteiger partial charge in [0.05, 0.1) is 13.3 Å². The molecule has 1 N–H and O–H groups in total. The van der Waals surface area contributed by atoms with Crippen molar-refractivity contribution in [2.75, 3.05) is 13.3 Å². The van der Waals surface area contributed by atoms with Crippen LogP contribution >= 0.6 is 0 Å². The molecule has 0 aromatic rings. The lowest BCUT2D eigenvalue weighted by molar-refractivity contribution is -0.151. The number of halogens is 1. The van der Waals surface area contributed by atoms with E-state index in [0.29, 0.717) is 12.8 Å². The molecule has 0 bridgehead atoms. The number of carbonyl (C=O) groups excluding carboxylic acids is 1. The molecule has 0 aliphatic carbocycles. The first-order valence-electron chi connectivity index (χ1n) is 7.25. The predicted octanol–water partition coefficient (Wildman–Crippen LogP) is 2.83. The van der Waals surface area contributed by atoms with E-state index in [1.54, 1.807) is 0 Å². The normalized spacial score (nSPS) is 13.1. The van der Waals surface area contributed by atoms with E-state index in [2.05, 4.69) is 4.18 Å². The minimum absolute atomic E-state index is 0.194. The lowest BCUT2D eigenvalue weighted by Gasteiger charge is -2.10. The summed E-state index contributed by atoms with van der Waals surface area (Å²) in [4.78, 5) is 11.3. The van der Waals surface area contributed by atoms with Crippen molar-refractivity contribution in [2.45, 2.75) is 64.4 Å². The molecule has 0 aliphatic heterocycles. The second-order valence-corrected chi connectivity index (χ2v) is 5.90. The van der Waals surface area contributed by atoms with Gasteiger partial charge >= 0.3 is 16.4 Å². The number of unbranched alkanes of at least 4 members (excludes halogenated alkanes) is 7. The van der Waals surface area contributed by atoms with E-state index in [1.165, 1.54) is 6.92 Å². The van der Waals surface area contributed by atoms with Crippen LogP contribution in [0.4, 0.5) is 4.39 Å². The van der Waals surface area contributed by atoms with Gasteiger partial charge in [-0.25, -0.2) is 8.98 Å². The Balaban J connectivity index is 3.44. The Labute approximate surface area is 126 Å². The molecule has 0 aromatic heterocycles. The van der Waals surface area contributed by atoms with E-state index in [9.17, 15) is 17.6 Å². The third-order valence-electron chi connectivity index (χ3n) is 2.87. The molecular weight excluding hydrogens is 303 g/mol. The molecule has 0 heterocycles. The van der Waals surface area contributed by atoms with Crippen LogP contribution in [-0.2, 0) is 24.1 Å². The molecule has 6 nitrogen and oxygen atoms in total. The van der Waals surface area contributed by atoms with Crippen LogP contribution in [0.2, 0.25) is 0 Å². The number of carbonyl (C=O) groups is 1. The molecule has 0 saturated heterocycles. The minimum atomic E-state index is -4.65. The Morgan fingerprint density at radius 1 is 1.05 bits per heavy atom. The van der Waals surface area contributed by atoms with Gasteiger partial charge < -0.3 is 4.74 Å². The third kappa shape index (κ3) is 14.0. The summed E-state index contributed by atoms with van der Waals surface area (Å²) in [6.07, 6.45) is 6.03. The summed E-state index contributed by atoms with van der Waals surface area (Å²) in [5, 5.41) is 0. The van der Waals surface area contributed by atoms with E-state index >= 15 is 0 Å². The van der Waals surface area contributed by atoms with Crippen molar-refractivity contribution in [2.24, 2.45) is 0 Å². The smallest absolute Gasteiger partial charge is 0.398 e. The number of alkyl halides is 1. The summed E-state index contributed by atoms with van der Waals surface area (Å²) >= 11 is 0. The zero-order valence-corrected chi connectivity index (χ0v) is 13.2. The number of rotatable bonds is 13. The first kappa shape index (κ1) is 20.3. The Hall–Kier alpha value is -0.730. The molecule has 0 spiro atoms. The van der Waals surface area contributed by atoms with Crippen LogP contribution in [0.15, 0.2) is 0 Å². The van der Waals surface area contributed by atoms with Gasteiger partial charge in [0.15, 0.2) is 6.10 Å². The van der Waals surface area contributed by atoms with Gasteiger partial charge in [0.2, 0.25) is 0 Å². The average Bonchev–Trinajstić information content (AvgIpc) is 2.38. The molecule has 1 unspecified atom stereocenters. The maximum absolute atomic E-state index is 11.8. The number of hydrogen-bond donors (Lipinski definition) is 1. The van der Waals surface area contributed by atoms with Gasteiger partial charge in [0.25, 0.3) is 0 Å². The number of hydrogen-bond acceptors (Lipinski definition) is 5. The molecule has 0 fully saturated rings. The van der Waals surface area contributed by atoms with Gasteiger partial charge in [-0.1, -0.05) is 38.5 Å². The maximum atomic E-state index is 11.8. The van der Waals surface area contributed by atoms with E-state index < -0.39 is 22.5 Å². The van der Waals surface area contributed by atoms with Crippen molar-refractivity contribution in [3.8, 4) is 0 Å². The lowest BCUT2D eigenvalue weighted by atomic mass is 10.1. The highest BCUT2D eigenvalue weighted by Crippen LogP contribution is 2.09. The van der Waals surface area contributed by atoms with E-state index in [4.69, 9.17) is 9.29 Å². The Morgan fingerprint density at radius 2 is 1.52 bits per heavy atom. The highest BCUT2D eigenvalue weighted by molar-refractivity contribution is 7.80. The van der Waals surface area contributed by atoms with Crippen molar-refractivity contribution in [3.05, 3.63) is 0 Å². The second-order valence-electron chi connectivity index (χ2n) is 4.85. The first-order valence-corrected chi connectivity index (χ1v) is 8.61. The molecule has 0 rings (SSSR count). The van der Waals surface area contributed by atoms with Crippen molar-refractivity contribution < 1.29 is 31.1 Å². The van der Waals surface area contributed by atoms with Crippen molar-refractivity contribution >= 4 is 16.4 Å². The molecule has 1 atom stereocenters. The van der Waals surface area contributed by atoms with Gasteiger partial charge in [-0.3, -0.25) is 8.94 Å². The number of esters is 1. The van der Waals surface area contributed by atoms with Crippen LogP contribution in [0.25, 0.3) is 0 Å². The fraction of sp³-hybridized carbons (Fsp3) is 0.923. The molecule has 0 amide bonds. The Morgan fingerprint density at radius 3 is 2.00 bits per heavy atom. The fourth-order valence-corrected chi connectivity index (χ4v) is 2.21. The zero-order valence-electron chi connectivity index (χ0n) is 12.4. The molecule has 0 aromatic carbocycles. The van der Waals surface area contributed by atoms with Gasteiger partial charge in [0.1, 0.15) is 0 Å². The van der Waals surface area contributed by atoms with Crippen LogP contribution in [0, 0.1) is 0 Å². The molecular formula is C13H25FO6S.